The number of nitrogens with zero attached hydrogens (tertiary/aromatic N) is 1. The molecule has 0 aliphatic carbocycles. The molecule has 1 N–H and O–H groups in total. The molecule has 1 aromatic heterocycles. The lowest BCUT2D eigenvalue weighted by Crippen LogP contribution is -2.08. The van der Waals surface area contributed by atoms with Crippen LogP contribution < -0.4 is 11.2 Å². The number of para-hydroxylation sites is 2. The van der Waals surface area contributed by atoms with Gasteiger partial charge in [0.1, 0.15) is 0 Å². The third-order valence-corrected chi connectivity index (χ3v) is 4.20. The lowest BCUT2D eigenvalue weighted by atomic mass is 10.1. The zero-order chi connectivity index (χ0) is 18.6. The summed E-state index contributed by atoms with van der Waals surface area (Å²) in [6.07, 6.45) is 0.338. The Hall–Kier alpha value is -3.73. The van der Waals surface area contributed by atoms with Gasteiger partial charge < -0.3 is 9.40 Å². The van der Waals surface area contributed by atoms with Crippen molar-refractivity contribution in [1.82, 2.24) is 9.97 Å². The molecule has 0 unspecified atom stereocenters. The molecule has 0 fully saturated rings. The number of aromatic amines is 1. The number of rotatable bonds is 2. The van der Waals surface area contributed by atoms with Crippen molar-refractivity contribution < 1.29 is 4.42 Å². The summed E-state index contributed by atoms with van der Waals surface area (Å²) in [5, 5.41) is 0.696. The van der Waals surface area contributed by atoms with Crippen molar-refractivity contribution in [3.05, 3.63) is 111 Å². The van der Waals surface area contributed by atoms with E-state index < -0.39 is 5.63 Å². The molecular weight excluding hydrogens is 340 g/mol. The summed E-state index contributed by atoms with van der Waals surface area (Å²) in [5.41, 5.74) is 0.934. The van der Waals surface area contributed by atoms with Crippen LogP contribution in [0.1, 0.15) is 11.5 Å². The fraction of sp³-hybridized carbons (Fsp3) is 0.0455. The Labute approximate surface area is 154 Å². The highest BCUT2D eigenvalue weighted by Crippen LogP contribution is 2.10. The fourth-order valence-corrected chi connectivity index (χ4v) is 2.89. The topological polar surface area (TPSA) is 76.0 Å². The van der Waals surface area contributed by atoms with E-state index in [4.69, 9.17) is 4.42 Å². The van der Waals surface area contributed by atoms with Crippen LogP contribution in [0.5, 0.6) is 0 Å². The molecule has 0 radical (unpaired) electrons. The highest BCUT2D eigenvalue weighted by Gasteiger charge is 2.04. The molecule has 0 atom stereocenters. The monoisotopic (exact) mass is 356 g/mol. The van der Waals surface area contributed by atoms with Gasteiger partial charge in [-0.3, -0.25) is 4.79 Å². The lowest BCUT2D eigenvalue weighted by Gasteiger charge is -2.00. The van der Waals surface area contributed by atoms with Gasteiger partial charge in [-0.1, -0.05) is 54.6 Å². The maximum absolute atomic E-state index is 12.7. The minimum absolute atomic E-state index is 0.239. The molecule has 132 valence electrons. The van der Waals surface area contributed by atoms with Crippen LogP contribution in [-0.2, 0) is 6.42 Å². The smallest absolute Gasteiger partial charge is 0.346 e. The highest BCUT2D eigenvalue weighted by atomic mass is 16.4. The average Bonchev–Trinajstić information content (AvgIpc) is 2.69. The van der Waals surface area contributed by atoms with Gasteiger partial charge in [0.15, 0.2) is 0 Å². The number of hydrogen-bond donors (Lipinski definition) is 1. The first-order chi connectivity index (χ1) is 13.2. The van der Waals surface area contributed by atoms with Crippen LogP contribution in [-0.4, -0.2) is 9.97 Å². The SMILES string of the molecule is O=c1[nH]c2ccccc2c(=O)oc(Cc2ccccc2)nc2ccccc12. The first-order valence-electron chi connectivity index (χ1n) is 8.54. The second-order valence-electron chi connectivity index (χ2n) is 6.07. The zero-order valence-electron chi connectivity index (χ0n) is 14.4. The summed E-state index contributed by atoms with van der Waals surface area (Å²) in [5.74, 6) is 0.239. The number of aromatic nitrogens is 2. The van der Waals surface area contributed by atoms with E-state index in [0.29, 0.717) is 22.8 Å². The Bertz CT molecular complexity index is 1290. The van der Waals surface area contributed by atoms with Crippen molar-refractivity contribution in [3.8, 4) is 0 Å². The summed E-state index contributed by atoms with van der Waals surface area (Å²) in [7, 11) is 0. The quantitative estimate of drug-likeness (QED) is 0.593. The number of H-pyrrole nitrogens is 1. The van der Waals surface area contributed by atoms with Crippen LogP contribution in [0.3, 0.4) is 0 Å². The van der Waals surface area contributed by atoms with Crippen molar-refractivity contribution >= 4 is 21.8 Å². The second-order valence-corrected chi connectivity index (χ2v) is 6.07. The second kappa shape index (κ2) is 7.25. The van der Waals surface area contributed by atoms with Gasteiger partial charge in [-0.05, 0) is 29.8 Å². The number of nitrogens with one attached hydrogen (secondary N) is 1. The van der Waals surface area contributed by atoms with Crippen LogP contribution in [0, 0.1) is 0 Å². The summed E-state index contributed by atoms with van der Waals surface area (Å²) in [6.45, 7) is 0. The highest BCUT2D eigenvalue weighted by molar-refractivity contribution is 5.79. The molecule has 0 spiro atoms. The van der Waals surface area contributed by atoms with Gasteiger partial charge >= 0.3 is 5.63 Å². The maximum Gasteiger partial charge on any atom is 0.346 e. The molecule has 3 aromatic carbocycles. The van der Waals surface area contributed by atoms with Crippen LogP contribution in [0.15, 0.2) is 92.9 Å². The van der Waals surface area contributed by atoms with Gasteiger partial charge in [0.2, 0.25) is 5.89 Å². The van der Waals surface area contributed by atoms with E-state index in [1.54, 1.807) is 48.5 Å². The molecule has 4 aromatic rings. The Morgan fingerprint density at radius 2 is 1.44 bits per heavy atom. The van der Waals surface area contributed by atoms with Gasteiger partial charge in [0.25, 0.3) is 5.56 Å². The van der Waals surface area contributed by atoms with E-state index in [9.17, 15) is 9.59 Å². The minimum Gasteiger partial charge on any atom is -0.408 e. The summed E-state index contributed by atoms with van der Waals surface area (Å²) < 4.78 is 5.61. The third kappa shape index (κ3) is 3.62. The Morgan fingerprint density at radius 1 is 0.778 bits per heavy atom. The molecule has 0 saturated heterocycles. The average molecular weight is 356 g/mol. The Morgan fingerprint density at radius 3 is 2.26 bits per heavy atom. The molecule has 0 aliphatic heterocycles. The molecule has 5 nitrogen and oxygen atoms in total. The van der Waals surface area contributed by atoms with Gasteiger partial charge in [-0.2, -0.15) is 0 Å². The largest absolute Gasteiger partial charge is 0.408 e. The van der Waals surface area contributed by atoms with Gasteiger partial charge in [-0.25, -0.2) is 9.78 Å². The van der Waals surface area contributed by atoms with E-state index in [1.165, 1.54) is 0 Å². The fourth-order valence-electron chi connectivity index (χ4n) is 2.89. The summed E-state index contributed by atoms with van der Waals surface area (Å²) >= 11 is 0. The Balaban J connectivity index is 2.12. The van der Waals surface area contributed by atoms with Crippen LogP contribution in [0.4, 0.5) is 0 Å². The van der Waals surface area contributed by atoms with Crippen molar-refractivity contribution in [2.75, 3.05) is 0 Å². The number of hydrogen-bond acceptors (Lipinski definition) is 4. The molecule has 0 bridgehead atoms. The van der Waals surface area contributed by atoms with E-state index in [1.807, 2.05) is 30.3 Å². The maximum atomic E-state index is 12.7. The predicted octanol–water partition coefficient (Wildman–Crippen LogP) is 3.74. The first kappa shape index (κ1) is 16.7. The number of fused-ring (bicyclic) bond motifs is 2. The molecular formula is C22H16N2O3. The van der Waals surface area contributed by atoms with E-state index in [0.717, 1.165) is 5.56 Å². The molecule has 1 heterocycles. The third-order valence-electron chi connectivity index (χ3n) is 4.20. The van der Waals surface area contributed by atoms with E-state index >= 15 is 0 Å². The van der Waals surface area contributed by atoms with Crippen LogP contribution in [0.2, 0.25) is 0 Å². The standard InChI is InChI=1S/C22H16N2O3/c25-21-16-10-4-6-12-18(16)23-20(14-15-8-2-1-3-9-15)27-22(26)17-11-5-7-13-19(17)24-21/h1-13H,14H2,(H,24,25). The molecule has 0 aliphatic rings. The van der Waals surface area contributed by atoms with Crippen molar-refractivity contribution in [2.45, 2.75) is 6.42 Å². The van der Waals surface area contributed by atoms with Crippen molar-refractivity contribution in [1.29, 1.82) is 0 Å². The van der Waals surface area contributed by atoms with Crippen molar-refractivity contribution in [2.24, 2.45) is 0 Å². The molecule has 0 saturated carbocycles. The molecule has 5 heteroatoms. The number of benzene rings is 3. The predicted molar refractivity (Wildman–Crippen MR) is 105 cm³/mol. The van der Waals surface area contributed by atoms with Gasteiger partial charge in [0.05, 0.1) is 21.8 Å². The van der Waals surface area contributed by atoms with Crippen molar-refractivity contribution in [3.63, 3.8) is 0 Å². The van der Waals surface area contributed by atoms with Crippen LogP contribution in [0.25, 0.3) is 21.8 Å². The molecule has 0 amide bonds. The molecule has 4 rings (SSSR count). The van der Waals surface area contributed by atoms with Gasteiger partial charge in [0, 0.05) is 6.42 Å². The normalized spacial score (nSPS) is 10.7. The lowest BCUT2D eigenvalue weighted by molar-refractivity contribution is 0.459. The summed E-state index contributed by atoms with van der Waals surface area (Å²) in [6, 6.07) is 23.3. The molecule has 27 heavy (non-hydrogen) atoms. The van der Waals surface area contributed by atoms with E-state index in [2.05, 4.69) is 9.97 Å². The van der Waals surface area contributed by atoms with Crippen LogP contribution >= 0.6 is 0 Å². The zero-order valence-corrected chi connectivity index (χ0v) is 14.4. The van der Waals surface area contributed by atoms with Gasteiger partial charge in [-0.15, -0.1) is 0 Å². The summed E-state index contributed by atoms with van der Waals surface area (Å²) in [4.78, 5) is 32.7. The van der Waals surface area contributed by atoms with E-state index in [-0.39, 0.29) is 16.8 Å². The first-order valence-corrected chi connectivity index (χ1v) is 8.54. The minimum atomic E-state index is -0.556. The Kier molecular flexibility index (Phi) is 4.49.